The number of nitrogens with one attached hydrogen (secondary N) is 1. The molecule has 3 heteroatoms. The second-order valence-corrected chi connectivity index (χ2v) is 6.18. The van der Waals surface area contributed by atoms with Crippen molar-refractivity contribution in [1.82, 2.24) is 10.2 Å². The number of hydrogen-bond donors (Lipinski definition) is 1. The van der Waals surface area contributed by atoms with Crippen LogP contribution in [0.25, 0.3) is 0 Å². The third-order valence-corrected chi connectivity index (χ3v) is 4.20. The summed E-state index contributed by atoms with van der Waals surface area (Å²) in [6.07, 6.45) is 2.93. The van der Waals surface area contributed by atoms with Gasteiger partial charge in [-0.05, 0) is 25.3 Å². The fraction of sp³-hybridized carbons (Fsp3) is 1.00. The first kappa shape index (κ1) is 10.8. The molecule has 0 amide bonds. The quantitative estimate of drug-likeness (QED) is 0.697. The van der Waals surface area contributed by atoms with Gasteiger partial charge in [0, 0.05) is 37.2 Å². The van der Waals surface area contributed by atoms with E-state index in [9.17, 15) is 0 Å². The molecule has 14 heavy (non-hydrogen) atoms. The van der Waals surface area contributed by atoms with Gasteiger partial charge in [-0.3, -0.25) is 0 Å². The molecule has 2 rings (SSSR count). The largest absolute Gasteiger partial charge is 0.315 e. The molecule has 0 aromatic carbocycles. The summed E-state index contributed by atoms with van der Waals surface area (Å²) in [5.74, 6) is 2.34. The standard InChI is InChI=1S/C11H22N2S/c1-10-9-13(6-7-14-10)5-4-12-8-11-2-3-11/h10-12H,2-9H2,1H3. The molecule has 82 valence electrons. The minimum Gasteiger partial charge on any atom is -0.315 e. The highest BCUT2D eigenvalue weighted by Gasteiger charge is 2.20. The van der Waals surface area contributed by atoms with E-state index < -0.39 is 0 Å². The van der Waals surface area contributed by atoms with Crippen LogP contribution in [-0.4, -0.2) is 48.6 Å². The Bertz CT molecular complexity index is 171. The summed E-state index contributed by atoms with van der Waals surface area (Å²) in [5, 5.41) is 4.40. The van der Waals surface area contributed by atoms with Crippen LogP contribution < -0.4 is 5.32 Å². The molecule has 2 nitrogen and oxygen atoms in total. The minimum atomic E-state index is 0.840. The first-order valence-corrected chi connectivity index (χ1v) is 6.94. The third-order valence-electron chi connectivity index (χ3n) is 3.06. The third kappa shape index (κ3) is 3.79. The number of rotatable bonds is 5. The van der Waals surface area contributed by atoms with Gasteiger partial charge in [0.25, 0.3) is 0 Å². The van der Waals surface area contributed by atoms with Crippen molar-refractivity contribution in [2.75, 3.05) is 38.5 Å². The molecular weight excluding hydrogens is 192 g/mol. The monoisotopic (exact) mass is 214 g/mol. The first-order valence-electron chi connectivity index (χ1n) is 5.89. The van der Waals surface area contributed by atoms with Gasteiger partial charge in [-0.2, -0.15) is 11.8 Å². The average Bonchev–Trinajstić information content (AvgIpc) is 2.96. The van der Waals surface area contributed by atoms with Crippen molar-refractivity contribution in [1.29, 1.82) is 0 Å². The van der Waals surface area contributed by atoms with Gasteiger partial charge in [-0.1, -0.05) is 6.92 Å². The van der Waals surface area contributed by atoms with Crippen LogP contribution in [0.3, 0.4) is 0 Å². The highest BCUT2D eigenvalue weighted by atomic mass is 32.2. The summed E-state index contributed by atoms with van der Waals surface area (Å²) < 4.78 is 0. The fourth-order valence-corrected chi connectivity index (χ4v) is 3.04. The summed E-state index contributed by atoms with van der Waals surface area (Å²) in [6.45, 7) is 8.62. The highest BCUT2D eigenvalue weighted by molar-refractivity contribution is 7.99. The summed E-state index contributed by atoms with van der Waals surface area (Å²) in [6, 6.07) is 0. The van der Waals surface area contributed by atoms with Crippen LogP contribution >= 0.6 is 11.8 Å². The maximum absolute atomic E-state index is 3.56. The van der Waals surface area contributed by atoms with Crippen molar-refractivity contribution in [2.24, 2.45) is 5.92 Å². The van der Waals surface area contributed by atoms with E-state index >= 15 is 0 Å². The summed E-state index contributed by atoms with van der Waals surface area (Å²) in [7, 11) is 0. The molecule has 0 aromatic heterocycles. The van der Waals surface area contributed by atoms with Crippen LogP contribution in [0.15, 0.2) is 0 Å². The van der Waals surface area contributed by atoms with Crippen LogP contribution in [0.1, 0.15) is 19.8 Å². The summed E-state index contributed by atoms with van der Waals surface area (Å²) in [4.78, 5) is 2.60. The van der Waals surface area contributed by atoms with Gasteiger partial charge in [-0.25, -0.2) is 0 Å². The van der Waals surface area contributed by atoms with Crippen molar-refractivity contribution in [2.45, 2.75) is 25.0 Å². The van der Waals surface area contributed by atoms with Crippen molar-refractivity contribution < 1.29 is 0 Å². The van der Waals surface area contributed by atoms with E-state index in [1.807, 2.05) is 0 Å². The van der Waals surface area contributed by atoms with E-state index in [4.69, 9.17) is 0 Å². The first-order chi connectivity index (χ1) is 6.84. The zero-order chi connectivity index (χ0) is 9.80. The lowest BCUT2D eigenvalue weighted by molar-refractivity contribution is 0.285. The Hall–Kier alpha value is 0.270. The molecule has 0 spiro atoms. The molecular formula is C11H22N2S. The van der Waals surface area contributed by atoms with E-state index in [-0.39, 0.29) is 0 Å². The molecule has 0 aromatic rings. The van der Waals surface area contributed by atoms with Crippen molar-refractivity contribution in [3.63, 3.8) is 0 Å². The van der Waals surface area contributed by atoms with E-state index in [1.54, 1.807) is 0 Å². The SMILES string of the molecule is CC1CN(CCNCC2CC2)CCS1. The predicted octanol–water partition coefficient (Wildman–Crippen LogP) is 1.42. The highest BCUT2D eigenvalue weighted by Crippen LogP contribution is 2.27. The van der Waals surface area contributed by atoms with Gasteiger partial charge in [0.1, 0.15) is 0 Å². The molecule has 1 aliphatic heterocycles. The lowest BCUT2D eigenvalue weighted by Crippen LogP contribution is -2.40. The van der Waals surface area contributed by atoms with Crippen molar-refractivity contribution in [3.05, 3.63) is 0 Å². The molecule has 2 fully saturated rings. The maximum atomic E-state index is 3.56. The predicted molar refractivity (Wildman–Crippen MR) is 64.0 cm³/mol. The van der Waals surface area contributed by atoms with Crippen LogP contribution in [-0.2, 0) is 0 Å². The Balaban J connectivity index is 1.50. The molecule has 1 saturated carbocycles. The van der Waals surface area contributed by atoms with Crippen LogP contribution in [0.5, 0.6) is 0 Å². The maximum Gasteiger partial charge on any atom is 0.0147 e. The minimum absolute atomic E-state index is 0.840. The van der Waals surface area contributed by atoms with Gasteiger partial charge in [0.15, 0.2) is 0 Å². The zero-order valence-electron chi connectivity index (χ0n) is 9.17. The van der Waals surface area contributed by atoms with Crippen molar-refractivity contribution >= 4 is 11.8 Å². The summed E-state index contributed by atoms with van der Waals surface area (Å²) in [5.41, 5.74) is 0. The number of thioether (sulfide) groups is 1. The van der Waals surface area contributed by atoms with E-state index in [2.05, 4.69) is 28.9 Å². The molecule has 0 radical (unpaired) electrons. The molecule has 0 bridgehead atoms. The van der Waals surface area contributed by atoms with Gasteiger partial charge in [-0.15, -0.1) is 0 Å². The Kier molecular flexibility index (Phi) is 4.14. The summed E-state index contributed by atoms with van der Waals surface area (Å²) >= 11 is 2.11. The molecule has 1 atom stereocenters. The Morgan fingerprint density at radius 1 is 1.43 bits per heavy atom. The number of nitrogens with zero attached hydrogens (tertiary/aromatic N) is 1. The van der Waals surface area contributed by atoms with E-state index in [0.29, 0.717) is 0 Å². The normalized spacial score (nSPS) is 29.4. The Morgan fingerprint density at radius 3 is 3.00 bits per heavy atom. The van der Waals surface area contributed by atoms with E-state index in [0.717, 1.165) is 11.2 Å². The molecule has 2 aliphatic rings. The average molecular weight is 214 g/mol. The fourth-order valence-electron chi connectivity index (χ4n) is 1.96. The van der Waals surface area contributed by atoms with Crippen molar-refractivity contribution in [3.8, 4) is 0 Å². The second-order valence-electron chi connectivity index (χ2n) is 4.63. The van der Waals surface area contributed by atoms with Gasteiger partial charge < -0.3 is 10.2 Å². The lowest BCUT2D eigenvalue weighted by Gasteiger charge is -2.30. The van der Waals surface area contributed by atoms with Gasteiger partial charge >= 0.3 is 0 Å². The van der Waals surface area contributed by atoms with Gasteiger partial charge in [0.05, 0.1) is 0 Å². The second kappa shape index (κ2) is 5.38. The molecule has 1 N–H and O–H groups in total. The number of hydrogen-bond acceptors (Lipinski definition) is 3. The van der Waals surface area contributed by atoms with Crippen LogP contribution in [0, 0.1) is 5.92 Å². The molecule has 1 unspecified atom stereocenters. The molecule has 1 saturated heterocycles. The van der Waals surface area contributed by atoms with Crippen LogP contribution in [0.2, 0.25) is 0 Å². The smallest absolute Gasteiger partial charge is 0.0147 e. The van der Waals surface area contributed by atoms with Crippen LogP contribution in [0.4, 0.5) is 0 Å². The topological polar surface area (TPSA) is 15.3 Å². The Morgan fingerprint density at radius 2 is 2.29 bits per heavy atom. The van der Waals surface area contributed by atoms with E-state index in [1.165, 1.54) is 51.3 Å². The lowest BCUT2D eigenvalue weighted by atomic mass is 10.3. The van der Waals surface area contributed by atoms with Gasteiger partial charge in [0.2, 0.25) is 0 Å². The zero-order valence-corrected chi connectivity index (χ0v) is 9.98. The molecule has 1 aliphatic carbocycles. The molecule has 1 heterocycles. The Labute approximate surface area is 91.8 Å².